The Bertz CT molecular complexity index is 1050. The van der Waals surface area contributed by atoms with E-state index in [0.717, 1.165) is 5.56 Å². The molecule has 3 aromatic rings. The number of hydrogen-bond acceptors (Lipinski definition) is 6. The first-order valence-corrected chi connectivity index (χ1v) is 10.7. The minimum Gasteiger partial charge on any atom is -0.296 e. The van der Waals surface area contributed by atoms with Crippen molar-refractivity contribution in [3.63, 3.8) is 0 Å². The van der Waals surface area contributed by atoms with E-state index in [-0.39, 0.29) is 11.7 Å². The summed E-state index contributed by atoms with van der Waals surface area (Å²) in [4.78, 5) is 12.3. The number of aromatic nitrogens is 2. The van der Waals surface area contributed by atoms with E-state index in [1.54, 1.807) is 19.1 Å². The van der Waals surface area contributed by atoms with E-state index < -0.39 is 10.0 Å². The number of anilines is 2. The van der Waals surface area contributed by atoms with Crippen LogP contribution in [0.3, 0.4) is 0 Å². The summed E-state index contributed by atoms with van der Waals surface area (Å²) in [6.07, 6.45) is 0. The van der Waals surface area contributed by atoms with Crippen molar-refractivity contribution in [2.75, 3.05) is 15.8 Å². The second-order valence-electron chi connectivity index (χ2n) is 5.46. The molecule has 27 heavy (non-hydrogen) atoms. The van der Waals surface area contributed by atoms with Crippen LogP contribution in [-0.4, -0.2) is 30.3 Å². The summed E-state index contributed by atoms with van der Waals surface area (Å²) >= 11 is 7.11. The first-order chi connectivity index (χ1) is 12.9. The third kappa shape index (κ3) is 5.03. The highest BCUT2D eigenvalue weighted by atomic mass is 35.5. The molecule has 0 atom stereocenters. The molecule has 0 fully saturated rings. The number of amides is 1. The molecule has 10 heteroatoms. The fourth-order valence-corrected chi connectivity index (χ4v) is 3.60. The lowest BCUT2D eigenvalue weighted by Gasteiger charge is -2.06. The van der Waals surface area contributed by atoms with Crippen LogP contribution in [0.15, 0.2) is 48.5 Å². The van der Waals surface area contributed by atoms with Gasteiger partial charge in [0.1, 0.15) is 5.01 Å². The van der Waals surface area contributed by atoms with Crippen LogP contribution in [0, 0.1) is 0 Å². The highest BCUT2D eigenvalue weighted by molar-refractivity contribution is 7.92. The molecule has 7 nitrogen and oxygen atoms in total. The predicted octanol–water partition coefficient (Wildman–Crippen LogP) is 3.87. The van der Waals surface area contributed by atoms with Crippen molar-refractivity contribution in [2.45, 2.75) is 6.92 Å². The van der Waals surface area contributed by atoms with E-state index in [1.807, 2.05) is 12.1 Å². The van der Waals surface area contributed by atoms with Crippen LogP contribution >= 0.6 is 22.9 Å². The van der Waals surface area contributed by atoms with Gasteiger partial charge < -0.3 is 0 Å². The Morgan fingerprint density at radius 2 is 1.74 bits per heavy atom. The Labute approximate surface area is 165 Å². The maximum atomic E-state index is 12.3. The van der Waals surface area contributed by atoms with Crippen LogP contribution in [0.4, 0.5) is 10.8 Å². The molecule has 0 saturated heterocycles. The van der Waals surface area contributed by atoms with Gasteiger partial charge in [-0.3, -0.25) is 14.8 Å². The van der Waals surface area contributed by atoms with Crippen LogP contribution in [-0.2, 0) is 10.0 Å². The molecule has 0 spiro atoms. The van der Waals surface area contributed by atoms with Gasteiger partial charge in [-0.25, -0.2) is 8.42 Å². The molecule has 0 aliphatic carbocycles. The molecule has 0 bridgehead atoms. The quantitative estimate of drug-likeness (QED) is 0.627. The Morgan fingerprint density at radius 3 is 2.37 bits per heavy atom. The molecule has 2 N–H and O–H groups in total. The lowest BCUT2D eigenvalue weighted by atomic mass is 10.2. The summed E-state index contributed by atoms with van der Waals surface area (Å²) in [5, 5.41) is 12.4. The van der Waals surface area contributed by atoms with Crippen LogP contribution < -0.4 is 10.0 Å². The smallest absolute Gasteiger partial charge is 0.257 e. The summed E-state index contributed by atoms with van der Waals surface area (Å²) in [6.45, 7) is 1.55. The SMILES string of the molecule is CCS(=O)(=O)Nc1ccc(C(=O)Nc2nnc(-c3ccc(Cl)cc3)s2)cc1. The molecule has 1 amide bonds. The van der Waals surface area contributed by atoms with Gasteiger partial charge in [0.25, 0.3) is 5.91 Å². The van der Waals surface area contributed by atoms with E-state index in [9.17, 15) is 13.2 Å². The van der Waals surface area contributed by atoms with Gasteiger partial charge in [-0.2, -0.15) is 0 Å². The molecule has 0 radical (unpaired) electrons. The van der Waals surface area contributed by atoms with Crippen LogP contribution in [0.1, 0.15) is 17.3 Å². The van der Waals surface area contributed by atoms with Crippen molar-refractivity contribution in [3.8, 4) is 10.6 Å². The minimum atomic E-state index is -3.36. The molecule has 1 aromatic heterocycles. The lowest BCUT2D eigenvalue weighted by Crippen LogP contribution is -2.15. The number of benzene rings is 2. The normalized spacial score (nSPS) is 11.2. The Kier molecular flexibility index (Phi) is 5.73. The zero-order valence-corrected chi connectivity index (χ0v) is 16.5. The summed E-state index contributed by atoms with van der Waals surface area (Å²) < 4.78 is 25.5. The highest BCUT2D eigenvalue weighted by Gasteiger charge is 2.12. The third-order valence-electron chi connectivity index (χ3n) is 3.54. The number of nitrogens with zero attached hydrogens (tertiary/aromatic N) is 2. The van der Waals surface area contributed by atoms with Crippen molar-refractivity contribution in [1.29, 1.82) is 0 Å². The maximum absolute atomic E-state index is 12.3. The second kappa shape index (κ2) is 8.03. The number of nitrogens with one attached hydrogen (secondary N) is 2. The van der Waals surface area contributed by atoms with Crippen molar-refractivity contribution >= 4 is 49.7 Å². The average molecular weight is 423 g/mol. The van der Waals surface area contributed by atoms with E-state index in [0.29, 0.717) is 26.4 Å². The van der Waals surface area contributed by atoms with Crippen molar-refractivity contribution in [2.24, 2.45) is 0 Å². The molecular formula is C17H15ClN4O3S2. The summed E-state index contributed by atoms with van der Waals surface area (Å²) in [5.74, 6) is -0.388. The van der Waals surface area contributed by atoms with Gasteiger partial charge in [0.15, 0.2) is 0 Å². The molecular weight excluding hydrogens is 408 g/mol. The topological polar surface area (TPSA) is 101 Å². The van der Waals surface area contributed by atoms with Crippen molar-refractivity contribution < 1.29 is 13.2 Å². The van der Waals surface area contributed by atoms with Crippen LogP contribution in [0.2, 0.25) is 5.02 Å². The van der Waals surface area contributed by atoms with Crippen molar-refractivity contribution in [1.82, 2.24) is 10.2 Å². The first kappa shape index (κ1) is 19.3. The zero-order valence-electron chi connectivity index (χ0n) is 14.1. The lowest BCUT2D eigenvalue weighted by molar-refractivity contribution is 0.102. The molecule has 140 valence electrons. The highest BCUT2D eigenvalue weighted by Crippen LogP contribution is 2.27. The number of sulfonamides is 1. The maximum Gasteiger partial charge on any atom is 0.257 e. The monoisotopic (exact) mass is 422 g/mol. The molecule has 0 aliphatic heterocycles. The number of halogens is 1. The minimum absolute atomic E-state index is 0.0256. The third-order valence-corrected chi connectivity index (χ3v) is 5.98. The summed E-state index contributed by atoms with van der Waals surface area (Å²) in [6, 6.07) is 13.3. The van der Waals surface area contributed by atoms with Gasteiger partial charge in [0.2, 0.25) is 15.2 Å². The number of rotatable bonds is 6. The van der Waals surface area contributed by atoms with Gasteiger partial charge in [-0.05, 0) is 43.3 Å². The predicted molar refractivity (Wildman–Crippen MR) is 108 cm³/mol. The average Bonchev–Trinajstić information content (AvgIpc) is 3.11. The summed E-state index contributed by atoms with van der Waals surface area (Å²) in [5.41, 5.74) is 1.62. The fourth-order valence-electron chi connectivity index (χ4n) is 2.09. The van der Waals surface area contributed by atoms with E-state index in [4.69, 9.17) is 11.6 Å². The number of hydrogen-bond donors (Lipinski definition) is 2. The van der Waals surface area contributed by atoms with E-state index in [2.05, 4.69) is 20.2 Å². The standard InChI is InChI=1S/C17H15ClN4O3S2/c1-2-27(24,25)22-14-9-5-11(6-10-14)15(23)19-17-21-20-16(26-17)12-3-7-13(18)8-4-12/h3-10,22H,2H2,1H3,(H,19,21,23). The van der Waals surface area contributed by atoms with Gasteiger partial charge in [-0.15, -0.1) is 10.2 Å². The van der Waals surface area contributed by atoms with E-state index in [1.165, 1.54) is 35.6 Å². The van der Waals surface area contributed by atoms with Gasteiger partial charge in [-0.1, -0.05) is 35.1 Å². The largest absolute Gasteiger partial charge is 0.296 e. The van der Waals surface area contributed by atoms with E-state index >= 15 is 0 Å². The Balaban J connectivity index is 1.68. The zero-order chi connectivity index (χ0) is 19.4. The number of carbonyl (C=O) groups excluding carboxylic acids is 1. The molecule has 0 unspecified atom stereocenters. The van der Waals surface area contributed by atoms with Crippen molar-refractivity contribution in [3.05, 3.63) is 59.1 Å². The Hall–Kier alpha value is -2.49. The van der Waals surface area contributed by atoms with Gasteiger partial charge >= 0.3 is 0 Å². The summed E-state index contributed by atoms with van der Waals surface area (Å²) in [7, 11) is -3.36. The van der Waals surface area contributed by atoms with Gasteiger partial charge in [0.05, 0.1) is 5.75 Å². The molecule has 1 heterocycles. The Morgan fingerprint density at radius 1 is 1.07 bits per heavy atom. The second-order valence-corrected chi connectivity index (χ2v) is 8.88. The van der Waals surface area contributed by atoms with Crippen LogP contribution in [0.5, 0.6) is 0 Å². The van der Waals surface area contributed by atoms with Gasteiger partial charge in [0, 0.05) is 21.8 Å². The molecule has 0 aliphatic rings. The molecule has 3 rings (SSSR count). The number of carbonyl (C=O) groups is 1. The molecule has 0 saturated carbocycles. The van der Waals surface area contributed by atoms with Crippen LogP contribution in [0.25, 0.3) is 10.6 Å². The molecule has 2 aromatic carbocycles. The fraction of sp³-hybridized carbons (Fsp3) is 0.118. The first-order valence-electron chi connectivity index (χ1n) is 7.87.